The maximum atomic E-state index is 13.2. The number of benzene rings is 2. The second-order valence-corrected chi connectivity index (χ2v) is 10.1. The summed E-state index contributed by atoms with van der Waals surface area (Å²) in [5, 5.41) is 3.32. The lowest BCUT2D eigenvalue weighted by Crippen LogP contribution is -2.40. The molecular formula is C26H30ClN5O3. The molecule has 3 aromatic rings. The van der Waals surface area contributed by atoms with E-state index in [9.17, 15) is 9.59 Å². The normalized spacial score (nSPS) is 13.4. The van der Waals surface area contributed by atoms with Gasteiger partial charge in [0, 0.05) is 37.0 Å². The van der Waals surface area contributed by atoms with Crippen molar-refractivity contribution in [3.63, 3.8) is 0 Å². The predicted molar refractivity (Wildman–Crippen MR) is 138 cm³/mol. The van der Waals surface area contributed by atoms with E-state index in [2.05, 4.69) is 10.3 Å². The Kier molecular flexibility index (Phi) is 6.51. The molecule has 4 rings (SSSR count). The van der Waals surface area contributed by atoms with Crippen LogP contribution >= 0.6 is 11.6 Å². The zero-order valence-corrected chi connectivity index (χ0v) is 21.4. The lowest BCUT2D eigenvalue weighted by atomic mass is 9.99. The molecule has 0 bridgehead atoms. The molecule has 2 heterocycles. The molecule has 0 saturated heterocycles. The van der Waals surface area contributed by atoms with E-state index in [1.807, 2.05) is 58.0 Å². The first-order chi connectivity index (χ1) is 16.5. The van der Waals surface area contributed by atoms with Crippen LogP contribution < -0.4 is 11.1 Å². The lowest BCUT2D eigenvalue weighted by molar-refractivity contribution is 0.0220. The average molecular weight is 496 g/mol. The van der Waals surface area contributed by atoms with Gasteiger partial charge in [0.05, 0.1) is 22.9 Å². The number of rotatable bonds is 3. The van der Waals surface area contributed by atoms with E-state index < -0.39 is 5.60 Å². The Morgan fingerprint density at radius 2 is 1.83 bits per heavy atom. The summed E-state index contributed by atoms with van der Waals surface area (Å²) in [7, 11) is 1.80. The second kappa shape index (κ2) is 9.26. The smallest absolute Gasteiger partial charge is 0.410 e. The number of amides is 2. The number of imidazole rings is 1. The molecule has 0 fully saturated rings. The third-order valence-electron chi connectivity index (χ3n) is 6.02. The largest absolute Gasteiger partial charge is 0.444 e. The first kappa shape index (κ1) is 24.6. The van der Waals surface area contributed by atoms with Gasteiger partial charge >= 0.3 is 6.09 Å². The molecule has 0 atom stereocenters. The van der Waals surface area contributed by atoms with Crippen molar-refractivity contribution in [2.45, 2.75) is 46.3 Å². The van der Waals surface area contributed by atoms with E-state index >= 15 is 0 Å². The van der Waals surface area contributed by atoms with Crippen LogP contribution in [0, 0.1) is 6.92 Å². The molecule has 1 aromatic heterocycles. The molecule has 0 aliphatic carbocycles. The van der Waals surface area contributed by atoms with Gasteiger partial charge in [-0.05, 0) is 51.0 Å². The molecule has 184 valence electrons. The van der Waals surface area contributed by atoms with Gasteiger partial charge in [0.1, 0.15) is 5.60 Å². The Morgan fingerprint density at radius 1 is 1.14 bits per heavy atom. The minimum atomic E-state index is -0.579. The molecule has 1 aliphatic heterocycles. The summed E-state index contributed by atoms with van der Waals surface area (Å²) in [5.41, 5.74) is 10.9. The van der Waals surface area contributed by atoms with Gasteiger partial charge in [-0.25, -0.2) is 9.78 Å². The lowest BCUT2D eigenvalue weighted by Gasteiger charge is -2.29. The highest BCUT2D eigenvalue weighted by Gasteiger charge is 2.30. The van der Waals surface area contributed by atoms with E-state index in [-0.39, 0.29) is 24.4 Å². The molecule has 0 radical (unpaired) electrons. The number of nitrogens with zero attached hydrogens (tertiary/aromatic N) is 3. The van der Waals surface area contributed by atoms with Gasteiger partial charge in [0.25, 0.3) is 5.91 Å². The number of fused-ring (bicyclic) bond motifs is 1. The van der Waals surface area contributed by atoms with Gasteiger partial charge in [-0.2, -0.15) is 0 Å². The van der Waals surface area contributed by atoms with Crippen molar-refractivity contribution in [2.24, 2.45) is 7.05 Å². The van der Waals surface area contributed by atoms with Gasteiger partial charge < -0.3 is 25.3 Å². The number of anilines is 2. The molecular weight excluding hydrogens is 466 g/mol. The fraction of sp³-hybridized carbons (Fsp3) is 0.346. The summed E-state index contributed by atoms with van der Waals surface area (Å²) in [6, 6.07) is 11.1. The number of hydrogen-bond donors (Lipinski definition) is 2. The molecule has 3 N–H and O–H groups in total. The molecule has 8 nitrogen and oxygen atoms in total. The van der Waals surface area contributed by atoms with Crippen molar-refractivity contribution in [1.82, 2.24) is 14.5 Å². The molecule has 0 spiro atoms. The number of aromatic nitrogens is 2. The first-order valence-electron chi connectivity index (χ1n) is 11.4. The van der Waals surface area contributed by atoms with Crippen LogP contribution in [0.15, 0.2) is 36.4 Å². The number of nitrogen functional groups attached to an aromatic ring is 1. The van der Waals surface area contributed by atoms with E-state index in [4.69, 9.17) is 22.1 Å². The summed E-state index contributed by atoms with van der Waals surface area (Å²) in [6.07, 6.45) is 0.191. The molecule has 2 amide bonds. The number of ether oxygens (including phenoxy) is 1. The van der Waals surface area contributed by atoms with Crippen LogP contribution in [-0.4, -0.2) is 38.6 Å². The first-order valence-corrected chi connectivity index (χ1v) is 11.8. The fourth-order valence-electron chi connectivity index (χ4n) is 4.17. The minimum absolute atomic E-state index is 0.252. The predicted octanol–water partition coefficient (Wildman–Crippen LogP) is 5.18. The molecule has 2 aromatic carbocycles. The number of carbonyl (C=O) groups is 2. The van der Waals surface area contributed by atoms with Crippen LogP contribution in [-0.2, 0) is 24.8 Å². The van der Waals surface area contributed by atoms with Crippen molar-refractivity contribution >= 4 is 35.0 Å². The van der Waals surface area contributed by atoms with E-state index in [1.165, 1.54) is 0 Å². The highest BCUT2D eigenvalue weighted by molar-refractivity contribution is 6.36. The number of nitrogens with one attached hydrogen (secondary N) is 1. The maximum Gasteiger partial charge on any atom is 0.410 e. The summed E-state index contributed by atoms with van der Waals surface area (Å²) in [6.45, 7) is 8.21. The van der Waals surface area contributed by atoms with Gasteiger partial charge in [0.2, 0.25) is 0 Å². The van der Waals surface area contributed by atoms with Crippen LogP contribution in [0.25, 0.3) is 11.1 Å². The van der Waals surface area contributed by atoms with Crippen LogP contribution in [0.3, 0.4) is 0 Å². The summed E-state index contributed by atoms with van der Waals surface area (Å²) in [4.78, 5) is 31.8. The number of carbonyl (C=O) groups excluding carboxylic acids is 2. The minimum Gasteiger partial charge on any atom is -0.444 e. The Balaban J connectivity index is 1.57. The van der Waals surface area contributed by atoms with Gasteiger partial charge in [-0.3, -0.25) is 4.79 Å². The SMILES string of the molecule is Cc1c(N)cccc1-c1cccc(NC(=O)c2nc3c(n2C)CCN(C(=O)OC(C)(C)C)C3)c1Cl. The maximum absolute atomic E-state index is 13.2. The highest BCUT2D eigenvalue weighted by atomic mass is 35.5. The zero-order valence-electron chi connectivity index (χ0n) is 20.6. The van der Waals surface area contributed by atoms with Crippen LogP contribution in [0.1, 0.15) is 48.3 Å². The van der Waals surface area contributed by atoms with Crippen molar-refractivity contribution in [1.29, 1.82) is 0 Å². The zero-order chi connectivity index (χ0) is 25.5. The van der Waals surface area contributed by atoms with Crippen LogP contribution in [0.5, 0.6) is 0 Å². The van der Waals surface area contributed by atoms with Gasteiger partial charge in [0.15, 0.2) is 5.82 Å². The Bertz CT molecular complexity index is 1310. The average Bonchev–Trinajstić information content (AvgIpc) is 3.12. The standard InChI is InChI=1S/C26H30ClN5O3/c1-15-16(8-6-10-18(15)28)17-9-7-11-19(22(17)27)30-24(33)23-29-20-14-32(13-12-21(20)31(23)5)25(34)35-26(2,3)4/h6-11H,12-14,28H2,1-5H3,(H,30,33). The van der Waals surface area contributed by atoms with E-state index in [1.54, 1.807) is 22.6 Å². The van der Waals surface area contributed by atoms with E-state index in [0.717, 1.165) is 22.4 Å². The molecule has 9 heteroatoms. The number of nitrogens with two attached hydrogens (primary N) is 1. The third-order valence-corrected chi connectivity index (χ3v) is 6.43. The van der Waals surface area contributed by atoms with Crippen molar-refractivity contribution in [2.75, 3.05) is 17.6 Å². The summed E-state index contributed by atoms with van der Waals surface area (Å²) in [5.74, 6) is -0.128. The number of hydrogen-bond acceptors (Lipinski definition) is 5. The molecule has 1 aliphatic rings. The van der Waals surface area contributed by atoms with Crippen LogP contribution in [0.4, 0.5) is 16.2 Å². The highest BCUT2D eigenvalue weighted by Crippen LogP contribution is 2.37. The quantitative estimate of drug-likeness (QED) is 0.487. The van der Waals surface area contributed by atoms with Gasteiger partial charge in [-0.15, -0.1) is 0 Å². The van der Waals surface area contributed by atoms with Gasteiger partial charge in [-0.1, -0.05) is 35.9 Å². The van der Waals surface area contributed by atoms with Crippen molar-refractivity contribution in [3.05, 3.63) is 64.2 Å². The molecule has 0 saturated carbocycles. The second-order valence-electron chi connectivity index (χ2n) is 9.68. The summed E-state index contributed by atoms with van der Waals surface area (Å²) < 4.78 is 7.26. The Labute approximate surface area is 210 Å². The Morgan fingerprint density at radius 3 is 2.54 bits per heavy atom. The summed E-state index contributed by atoms with van der Waals surface area (Å²) >= 11 is 6.71. The van der Waals surface area contributed by atoms with Crippen LogP contribution in [0.2, 0.25) is 5.02 Å². The molecule has 35 heavy (non-hydrogen) atoms. The fourth-order valence-corrected chi connectivity index (χ4v) is 4.45. The Hall–Kier alpha value is -3.52. The monoisotopic (exact) mass is 495 g/mol. The number of halogens is 1. The van der Waals surface area contributed by atoms with Crippen molar-refractivity contribution in [3.8, 4) is 11.1 Å². The topological polar surface area (TPSA) is 102 Å². The van der Waals surface area contributed by atoms with E-state index in [0.29, 0.717) is 35.1 Å². The molecule has 0 unspecified atom stereocenters. The van der Waals surface area contributed by atoms with Crippen molar-refractivity contribution < 1.29 is 14.3 Å². The third kappa shape index (κ3) is 4.98.